The molecule has 1 aliphatic rings. The molecule has 0 unspecified atom stereocenters. The number of hydrogen-bond acceptors (Lipinski definition) is 5. The molecule has 1 aliphatic heterocycles. The quantitative estimate of drug-likeness (QED) is 0.726. The number of rotatable bonds is 3. The van der Waals surface area contributed by atoms with E-state index in [4.69, 9.17) is 4.98 Å². The van der Waals surface area contributed by atoms with Gasteiger partial charge in [-0.15, -0.1) is 0 Å². The first-order valence-electron chi connectivity index (χ1n) is 8.70. The highest BCUT2D eigenvalue weighted by atomic mass is 16.2. The number of hydrogen-bond donors (Lipinski definition) is 0. The van der Waals surface area contributed by atoms with Crippen LogP contribution in [-0.2, 0) is 7.05 Å². The number of aromatic nitrogens is 5. The summed E-state index contributed by atoms with van der Waals surface area (Å²) in [5, 5.41) is 0. The second kappa shape index (κ2) is 7.03. The van der Waals surface area contributed by atoms with E-state index in [-0.39, 0.29) is 11.8 Å². The Morgan fingerprint density at radius 3 is 2.85 bits per heavy atom. The first kappa shape index (κ1) is 16.4. The molecule has 1 fully saturated rings. The van der Waals surface area contributed by atoms with E-state index in [1.54, 1.807) is 37.2 Å². The second-order valence-electron chi connectivity index (χ2n) is 6.55. The summed E-state index contributed by atoms with van der Waals surface area (Å²) in [5.41, 5.74) is 3.28. The Bertz CT molecular complexity index is 907. The van der Waals surface area contributed by atoms with Crippen LogP contribution in [0.15, 0.2) is 49.4 Å². The molecule has 1 amide bonds. The summed E-state index contributed by atoms with van der Waals surface area (Å²) < 4.78 is 1.92. The smallest absolute Gasteiger partial charge is 0.255 e. The first-order valence-corrected chi connectivity index (χ1v) is 8.70. The van der Waals surface area contributed by atoms with Crippen molar-refractivity contribution in [3.05, 3.63) is 60.7 Å². The Morgan fingerprint density at radius 2 is 2.08 bits per heavy atom. The highest BCUT2D eigenvalue weighted by molar-refractivity contribution is 5.94. The van der Waals surface area contributed by atoms with E-state index < -0.39 is 0 Å². The third kappa shape index (κ3) is 3.20. The van der Waals surface area contributed by atoms with Gasteiger partial charge >= 0.3 is 0 Å². The molecule has 0 N–H and O–H groups in total. The van der Waals surface area contributed by atoms with Crippen molar-refractivity contribution >= 4 is 5.91 Å². The van der Waals surface area contributed by atoms with Gasteiger partial charge in [0.2, 0.25) is 0 Å². The van der Waals surface area contributed by atoms with Gasteiger partial charge < -0.3 is 9.47 Å². The standard InChI is InChI=1S/C19H20N6O/c1-24-13-22-11-18(24)17-10-21-9-16(23-17)15-5-3-7-25(12-15)19(26)14-4-2-6-20-8-14/h2,4,6,8-11,13,15H,3,5,7,12H2,1H3/t15-/m1/s1. The van der Waals surface area contributed by atoms with Gasteiger partial charge in [-0.2, -0.15) is 0 Å². The summed E-state index contributed by atoms with van der Waals surface area (Å²) in [5.74, 6) is 0.212. The number of pyridine rings is 1. The van der Waals surface area contributed by atoms with Crippen molar-refractivity contribution in [2.75, 3.05) is 13.1 Å². The zero-order chi connectivity index (χ0) is 17.9. The minimum Gasteiger partial charge on any atom is -0.338 e. The average molecular weight is 348 g/mol. The Kier molecular flexibility index (Phi) is 4.43. The van der Waals surface area contributed by atoms with Crippen LogP contribution in [0, 0.1) is 0 Å². The van der Waals surface area contributed by atoms with Gasteiger partial charge in [0.15, 0.2) is 0 Å². The fourth-order valence-corrected chi connectivity index (χ4v) is 3.38. The lowest BCUT2D eigenvalue weighted by atomic mass is 9.94. The first-order chi connectivity index (χ1) is 12.7. The number of nitrogens with zero attached hydrogens (tertiary/aromatic N) is 6. The van der Waals surface area contributed by atoms with Crippen molar-refractivity contribution in [3.8, 4) is 11.4 Å². The van der Waals surface area contributed by atoms with E-state index >= 15 is 0 Å². The fraction of sp³-hybridized carbons (Fsp3) is 0.316. The molecule has 3 aromatic rings. The van der Waals surface area contributed by atoms with E-state index in [2.05, 4.69) is 15.0 Å². The number of carbonyl (C=O) groups excluding carboxylic acids is 1. The Labute approximate surface area is 151 Å². The van der Waals surface area contributed by atoms with Crippen LogP contribution in [0.5, 0.6) is 0 Å². The molecule has 0 radical (unpaired) electrons. The molecule has 7 heteroatoms. The molecule has 4 heterocycles. The number of carbonyl (C=O) groups is 1. The van der Waals surface area contributed by atoms with Crippen molar-refractivity contribution < 1.29 is 4.79 Å². The number of imidazole rings is 1. The number of piperidine rings is 1. The number of likely N-dealkylation sites (tertiary alicyclic amines) is 1. The molecule has 1 atom stereocenters. The normalized spacial score (nSPS) is 17.3. The van der Waals surface area contributed by atoms with Crippen LogP contribution in [-0.4, -0.2) is 48.4 Å². The summed E-state index contributed by atoms with van der Waals surface area (Å²) in [6.45, 7) is 1.41. The predicted octanol–water partition coefficient (Wildman–Crippen LogP) is 2.29. The third-order valence-electron chi connectivity index (χ3n) is 4.77. The average Bonchev–Trinajstić information content (AvgIpc) is 3.14. The fourth-order valence-electron chi connectivity index (χ4n) is 3.38. The van der Waals surface area contributed by atoms with Gasteiger partial charge in [0.1, 0.15) is 5.69 Å². The summed E-state index contributed by atoms with van der Waals surface area (Å²) in [4.78, 5) is 32.0. The highest BCUT2D eigenvalue weighted by Crippen LogP contribution is 2.27. The SMILES string of the molecule is Cn1cncc1-c1cncc([C@@H]2CCCN(C(=O)c3cccnc3)C2)n1. The van der Waals surface area contributed by atoms with Crippen LogP contribution in [0.3, 0.4) is 0 Å². The summed E-state index contributed by atoms with van der Waals surface area (Å²) >= 11 is 0. The van der Waals surface area contributed by atoms with Gasteiger partial charge in [-0.1, -0.05) is 0 Å². The van der Waals surface area contributed by atoms with Gasteiger partial charge in [0.05, 0.1) is 35.7 Å². The van der Waals surface area contributed by atoms with Gasteiger partial charge in [-0.3, -0.25) is 14.8 Å². The summed E-state index contributed by atoms with van der Waals surface area (Å²) in [6, 6.07) is 3.60. The van der Waals surface area contributed by atoms with Crippen molar-refractivity contribution in [3.63, 3.8) is 0 Å². The molecule has 0 bridgehead atoms. The van der Waals surface area contributed by atoms with Crippen LogP contribution >= 0.6 is 0 Å². The molecule has 132 valence electrons. The minimum absolute atomic E-state index is 0.0264. The minimum atomic E-state index is 0.0264. The second-order valence-corrected chi connectivity index (χ2v) is 6.55. The van der Waals surface area contributed by atoms with E-state index in [1.165, 1.54) is 0 Å². The molecule has 0 aliphatic carbocycles. The number of aryl methyl sites for hydroxylation is 1. The lowest BCUT2D eigenvalue weighted by molar-refractivity contribution is 0.0705. The van der Waals surface area contributed by atoms with Crippen molar-refractivity contribution in [2.24, 2.45) is 7.05 Å². The molecule has 0 aromatic carbocycles. The van der Waals surface area contributed by atoms with Gasteiger partial charge in [0.25, 0.3) is 5.91 Å². The van der Waals surface area contributed by atoms with Crippen LogP contribution in [0.1, 0.15) is 34.8 Å². The summed E-state index contributed by atoms with van der Waals surface area (Å²) in [6.07, 6.45) is 12.3. The van der Waals surface area contributed by atoms with E-state index in [1.807, 2.05) is 28.8 Å². The van der Waals surface area contributed by atoms with Gasteiger partial charge in [0, 0.05) is 44.6 Å². The Morgan fingerprint density at radius 1 is 1.15 bits per heavy atom. The predicted molar refractivity (Wildman–Crippen MR) is 96.3 cm³/mol. The van der Waals surface area contributed by atoms with Gasteiger partial charge in [-0.25, -0.2) is 9.97 Å². The van der Waals surface area contributed by atoms with Crippen LogP contribution in [0.25, 0.3) is 11.4 Å². The third-order valence-corrected chi connectivity index (χ3v) is 4.77. The lowest BCUT2D eigenvalue weighted by Gasteiger charge is -2.32. The topological polar surface area (TPSA) is 76.8 Å². The zero-order valence-electron chi connectivity index (χ0n) is 14.6. The Balaban J connectivity index is 1.55. The Hall–Kier alpha value is -3.09. The largest absolute Gasteiger partial charge is 0.338 e. The summed E-state index contributed by atoms with van der Waals surface area (Å²) in [7, 11) is 1.94. The lowest BCUT2D eigenvalue weighted by Crippen LogP contribution is -2.39. The van der Waals surface area contributed by atoms with Crippen LogP contribution < -0.4 is 0 Å². The molecule has 26 heavy (non-hydrogen) atoms. The van der Waals surface area contributed by atoms with E-state index in [0.29, 0.717) is 12.1 Å². The molecular weight excluding hydrogens is 328 g/mol. The number of amides is 1. The maximum Gasteiger partial charge on any atom is 0.255 e. The maximum atomic E-state index is 12.7. The molecule has 3 aromatic heterocycles. The van der Waals surface area contributed by atoms with E-state index in [9.17, 15) is 4.79 Å². The molecule has 0 spiro atoms. The molecular formula is C19H20N6O. The van der Waals surface area contributed by atoms with Gasteiger partial charge in [-0.05, 0) is 25.0 Å². The van der Waals surface area contributed by atoms with Crippen molar-refractivity contribution in [1.82, 2.24) is 29.4 Å². The molecule has 0 saturated carbocycles. The highest BCUT2D eigenvalue weighted by Gasteiger charge is 2.27. The molecule has 1 saturated heterocycles. The maximum absolute atomic E-state index is 12.7. The van der Waals surface area contributed by atoms with Crippen LogP contribution in [0.2, 0.25) is 0 Å². The van der Waals surface area contributed by atoms with Crippen molar-refractivity contribution in [2.45, 2.75) is 18.8 Å². The molecule has 7 nitrogen and oxygen atoms in total. The molecule has 4 rings (SSSR count). The monoisotopic (exact) mass is 348 g/mol. The van der Waals surface area contributed by atoms with Crippen molar-refractivity contribution in [1.29, 1.82) is 0 Å². The van der Waals surface area contributed by atoms with Crippen LogP contribution in [0.4, 0.5) is 0 Å². The van der Waals surface area contributed by atoms with E-state index in [0.717, 1.165) is 36.5 Å². The zero-order valence-corrected chi connectivity index (χ0v) is 14.6.